The predicted molar refractivity (Wildman–Crippen MR) is 114 cm³/mol. The minimum Gasteiger partial charge on any atom is -0.493 e. The van der Waals surface area contributed by atoms with Gasteiger partial charge in [-0.15, -0.1) is 0 Å². The molecule has 3 rings (SSSR count). The second-order valence-electron chi connectivity index (χ2n) is 7.52. The van der Waals surface area contributed by atoms with Crippen LogP contribution in [0.25, 0.3) is 0 Å². The molecule has 8 heteroatoms. The monoisotopic (exact) mass is 430 g/mol. The lowest BCUT2D eigenvalue weighted by Gasteiger charge is -2.27. The van der Waals surface area contributed by atoms with E-state index in [2.05, 4.69) is 0 Å². The van der Waals surface area contributed by atoms with Crippen molar-refractivity contribution in [3.63, 3.8) is 0 Å². The van der Waals surface area contributed by atoms with Crippen molar-refractivity contribution in [3.05, 3.63) is 47.9 Å². The highest BCUT2D eigenvalue weighted by atomic mass is 16.5. The maximum Gasteiger partial charge on any atom is 0.249 e. The smallest absolute Gasteiger partial charge is 0.249 e. The van der Waals surface area contributed by atoms with Gasteiger partial charge < -0.3 is 28.4 Å². The molecule has 31 heavy (non-hydrogen) atoms. The fraction of sp³-hybridized carbons (Fsp3) is 0.478. The lowest BCUT2D eigenvalue weighted by Crippen LogP contribution is -2.45. The third-order valence-corrected chi connectivity index (χ3v) is 5.28. The van der Waals surface area contributed by atoms with Crippen LogP contribution in [0.1, 0.15) is 24.2 Å². The van der Waals surface area contributed by atoms with E-state index < -0.39 is 0 Å². The average molecular weight is 431 g/mol. The van der Waals surface area contributed by atoms with Crippen molar-refractivity contribution in [1.82, 2.24) is 9.80 Å². The van der Waals surface area contributed by atoms with E-state index in [-0.39, 0.29) is 31.0 Å². The van der Waals surface area contributed by atoms with Gasteiger partial charge in [-0.2, -0.15) is 0 Å². The van der Waals surface area contributed by atoms with Crippen molar-refractivity contribution >= 4 is 11.8 Å². The van der Waals surface area contributed by atoms with Crippen molar-refractivity contribution in [2.24, 2.45) is 0 Å². The van der Waals surface area contributed by atoms with Crippen LogP contribution < -0.4 is 9.47 Å². The molecule has 1 heterocycles. The molecule has 0 saturated heterocycles. The highest BCUT2D eigenvalue weighted by Crippen LogP contribution is 2.28. The van der Waals surface area contributed by atoms with Crippen LogP contribution in [0.15, 0.2) is 41.0 Å². The molecular weight excluding hydrogens is 400 g/mol. The van der Waals surface area contributed by atoms with Gasteiger partial charge in [-0.05, 0) is 49.1 Å². The van der Waals surface area contributed by atoms with E-state index in [1.165, 1.54) is 7.11 Å². The third kappa shape index (κ3) is 6.24. The van der Waals surface area contributed by atoms with Crippen LogP contribution in [0, 0.1) is 0 Å². The van der Waals surface area contributed by atoms with Gasteiger partial charge in [-0.3, -0.25) is 9.59 Å². The number of hydrogen-bond acceptors (Lipinski definition) is 6. The number of nitrogens with zero attached hydrogens (tertiary/aromatic N) is 2. The Morgan fingerprint density at radius 1 is 1.06 bits per heavy atom. The molecule has 0 bridgehead atoms. The van der Waals surface area contributed by atoms with Crippen molar-refractivity contribution in [2.75, 3.05) is 41.0 Å². The second kappa shape index (κ2) is 10.9. The fourth-order valence-corrected chi connectivity index (χ4v) is 3.44. The molecule has 1 aliphatic carbocycles. The number of carbonyl (C=O) groups is 2. The summed E-state index contributed by atoms with van der Waals surface area (Å²) in [6.07, 6.45) is 4.06. The summed E-state index contributed by atoms with van der Waals surface area (Å²) >= 11 is 0. The average Bonchev–Trinajstić information content (AvgIpc) is 3.49. The second-order valence-corrected chi connectivity index (χ2v) is 7.52. The van der Waals surface area contributed by atoms with Crippen LogP contribution in [0.3, 0.4) is 0 Å². The minimum absolute atomic E-state index is 0.0202. The summed E-state index contributed by atoms with van der Waals surface area (Å²) in [4.78, 5) is 28.9. The Hall–Kier alpha value is -3.00. The van der Waals surface area contributed by atoms with Crippen LogP contribution in [-0.2, 0) is 27.3 Å². The molecule has 0 unspecified atom stereocenters. The molecular formula is C23H30N2O6. The van der Waals surface area contributed by atoms with E-state index in [0.29, 0.717) is 36.8 Å². The number of amides is 2. The quantitative estimate of drug-likeness (QED) is 0.515. The summed E-state index contributed by atoms with van der Waals surface area (Å²) < 4.78 is 21.1. The molecule has 1 aromatic carbocycles. The zero-order valence-corrected chi connectivity index (χ0v) is 18.3. The highest BCUT2D eigenvalue weighted by Gasteiger charge is 2.34. The molecule has 1 aromatic heterocycles. The zero-order chi connectivity index (χ0) is 22.2. The molecule has 8 nitrogen and oxygen atoms in total. The molecule has 168 valence electrons. The number of ether oxygens (including phenoxy) is 3. The van der Waals surface area contributed by atoms with Crippen LogP contribution in [0.4, 0.5) is 0 Å². The van der Waals surface area contributed by atoms with Crippen molar-refractivity contribution in [1.29, 1.82) is 0 Å². The van der Waals surface area contributed by atoms with E-state index in [0.717, 1.165) is 18.4 Å². The van der Waals surface area contributed by atoms with E-state index in [1.807, 2.05) is 24.3 Å². The third-order valence-electron chi connectivity index (χ3n) is 5.28. The number of rotatable bonds is 12. The lowest BCUT2D eigenvalue weighted by molar-refractivity contribution is -0.143. The Labute approximate surface area is 182 Å². The van der Waals surface area contributed by atoms with Crippen LogP contribution in [0.5, 0.6) is 11.5 Å². The molecule has 1 saturated carbocycles. The number of carbonyl (C=O) groups excluding carboxylic acids is 2. The van der Waals surface area contributed by atoms with Crippen LogP contribution in [0.2, 0.25) is 0 Å². The fourth-order valence-electron chi connectivity index (χ4n) is 3.44. The first-order valence-electron chi connectivity index (χ1n) is 10.3. The highest BCUT2D eigenvalue weighted by molar-refractivity contribution is 5.86. The standard InChI is InChI=1S/C23H30N2O6/c1-28-16-23(27)25(18-7-8-18)15-22(26)24(14-19-5-4-12-31-19)11-10-17-6-9-20(29-2)21(13-17)30-3/h4-6,9,12-13,18H,7-8,10-11,14-16H2,1-3H3. The Bertz CT molecular complexity index is 863. The van der Waals surface area contributed by atoms with Gasteiger partial charge in [0.2, 0.25) is 11.8 Å². The van der Waals surface area contributed by atoms with Gasteiger partial charge in [0.05, 0.1) is 27.0 Å². The van der Waals surface area contributed by atoms with E-state index in [1.54, 1.807) is 36.3 Å². The molecule has 0 spiro atoms. The summed E-state index contributed by atoms with van der Waals surface area (Å²) in [5, 5.41) is 0. The SMILES string of the molecule is COCC(=O)N(CC(=O)N(CCc1ccc(OC)c(OC)c1)Cc1ccco1)C1CC1. The van der Waals surface area contributed by atoms with E-state index in [9.17, 15) is 9.59 Å². The van der Waals surface area contributed by atoms with Crippen LogP contribution >= 0.6 is 0 Å². The maximum atomic E-state index is 13.2. The van der Waals surface area contributed by atoms with Gasteiger partial charge >= 0.3 is 0 Å². The summed E-state index contributed by atoms with van der Waals surface area (Å²) in [7, 11) is 4.67. The molecule has 2 amide bonds. The van der Waals surface area contributed by atoms with Gasteiger partial charge in [0.15, 0.2) is 11.5 Å². The first-order valence-corrected chi connectivity index (χ1v) is 10.3. The molecule has 0 atom stereocenters. The number of furan rings is 1. The summed E-state index contributed by atoms with van der Waals surface area (Å²) in [5.41, 5.74) is 1.02. The summed E-state index contributed by atoms with van der Waals surface area (Å²) in [6, 6.07) is 9.48. The molecule has 2 aromatic rings. The Kier molecular flexibility index (Phi) is 7.94. The molecule has 0 aliphatic heterocycles. The topological polar surface area (TPSA) is 81.5 Å². The zero-order valence-electron chi connectivity index (χ0n) is 18.3. The first-order chi connectivity index (χ1) is 15.0. The number of hydrogen-bond donors (Lipinski definition) is 0. The number of benzene rings is 1. The van der Waals surface area contributed by atoms with Crippen molar-refractivity contribution in [3.8, 4) is 11.5 Å². The van der Waals surface area contributed by atoms with Gasteiger partial charge in [0, 0.05) is 19.7 Å². The van der Waals surface area contributed by atoms with E-state index in [4.69, 9.17) is 18.6 Å². The summed E-state index contributed by atoms with van der Waals surface area (Å²) in [5.74, 6) is 1.73. The van der Waals surface area contributed by atoms with Gasteiger partial charge in [0.25, 0.3) is 0 Å². The first kappa shape index (κ1) is 22.7. The normalized spacial score (nSPS) is 13.0. The van der Waals surface area contributed by atoms with Gasteiger partial charge in [-0.25, -0.2) is 0 Å². The molecule has 0 radical (unpaired) electrons. The van der Waals surface area contributed by atoms with Gasteiger partial charge in [-0.1, -0.05) is 6.07 Å². The van der Waals surface area contributed by atoms with Crippen LogP contribution in [-0.4, -0.2) is 68.7 Å². The van der Waals surface area contributed by atoms with Gasteiger partial charge in [0.1, 0.15) is 18.9 Å². The minimum atomic E-state index is -0.156. The Balaban J connectivity index is 1.70. The maximum absolute atomic E-state index is 13.2. The summed E-state index contributed by atoms with van der Waals surface area (Å²) in [6.45, 7) is 0.842. The largest absolute Gasteiger partial charge is 0.493 e. The van der Waals surface area contributed by atoms with Crippen molar-refractivity contribution in [2.45, 2.75) is 31.8 Å². The Morgan fingerprint density at radius 3 is 2.45 bits per heavy atom. The molecule has 1 fully saturated rings. The molecule has 0 N–H and O–H groups in total. The predicted octanol–water partition coefficient (Wildman–Crippen LogP) is 2.51. The Morgan fingerprint density at radius 2 is 1.84 bits per heavy atom. The number of methoxy groups -OCH3 is 3. The molecule has 1 aliphatic rings. The lowest BCUT2D eigenvalue weighted by atomic mass is 10.1. The van der Waals surface area contributed by atoms with Crippen molar-refractivity contribution < 1.29 is 28.2 Å². The van der Waals surface area contributed by atoms with E-state index >= 15 is 0 Å².